The number of para-hydroxylation sites is 2. The van der Waals surface area contributed by atoms with Crippen molar-refractivity contribution in [2.45, 2.75) is 16.2 Å². The van der Waals surface area contributed by atoms with Crippen LogP contribution in [0.4, 0.5) is 11.4 Å². The fourth-order valence-electron chi connectivity index (χ4n) is 1.98. The van der Waals surface area contributed by atoms with Crippen LogP contribution in [-0.4, -0.2) is 6.29 Å². The molecule has 0 fully saturated rings. The smallest absolute Gasteiger partial charge is 0.124 e. The Labute approximate surface area is 104 Å². The number of aldehydes is 1. The summed E-state index contributed by atoms with van der Waals surface area (Å²) in [4.78, 5) is 13.1. The molecule has 2 aromatic rings. The molecule has 1 heterocycles. The highest BCUT2D eigenvalue weighted by Crippen LogP contribution is 2.45. The molecule has 2 nitrogen and oxygen atoms in total. The van der Waals surface area contributed by atoms with Crippen LogP contribution in [0.5, 0.6) is 0 Å². The highest BCUT2D eigenvalue weighted by atomic mass is 32.2. The molecule has 0 atom stereocenters. The fraction of sp³-hybridized carbons (Fsp3) is 0.0714. The van der Waals surface area contributed by atoms with Crippen LogP contribution in [0.1, 0.15) is 5.56 Å². The van der Waals surface area contributed by atoms with E-state index < -0.39 is 0 Å². The molecular formula is C14H11NOS. The Balaban J connectivity index is 2.08. The molecule has 0 spiro atoms. The Morgan fingerprint density at radius 2 is 1.88 bits per heavy atom. The first-order valence-electron chi connectivity index (χ1n) is 5.48. The van der Waals surface area contributed by atoms with Crippen LogP contribution in [0.25, 0.3) is 0 Å². The van der Waals surface area contributed by atoms with Gasteiger partial charge in [-0.1, -0.05) is 36.0 Å². The van der Waals surface area contributed by atoms with Crippen molar-refractivity contribution in [1.82, 2.24) is 0 Å². The van der Waals surface area contributed by atoms with Crippen LogP contribution in [0.15, 0.2) is 52.3 Å². The van der Waals surface area contributed by atoms with Gasteiger partial charge in [-0.15, -0.1) is 0 Å². The molecule has 0 aliphatic carbocycles. The summed E-state index contributed by atoms with van der Waals surface area (Å²) in [6, 6.07) is 14.3. The van der Waals surface area contributed by atoms with Crippen LogP contribution in [0.2, 0.25) is 0 Å². The third kappa shape index (κ3) is 1.83. The van der Waals surface area contributed by atoms with E-state index in [1.165, 1.54) is 9.79 Å². The minimum atomic E-state index is 0.457. The summed E-state index contributed by atoms with van der Waals surface area (Å²) in [6.45, 7) is 0. The maximum Gasteiger partial charge on any atom is 0.124 e. The van der Waals surface area contributed by atoms with E-state index in [1.54, 1.807) is 11.8 Å². The first-order valence-corrected chi connectivity index (χ1v) is 6.29. The minimum Gasteiger partial charge on any atom is -0.353 e. The monoisotopic (exact) mass is 241 g/mol. The summed E-state index contributed by atoms with van der Waals surface area (Å²) >= 11 is 1.74. The van der Waals surface area contributed by atoms with Crippen molar-refractivity contribution in [1.29, 1.82) is 0 Å². The Hall–Kier alpha value is -1.74. The topological polar surface area (TPSA) is 29.1 Å². The SMILES string of the molecule is O=CCc1cccc2c1Nc1ccccc1S2. The lowest BCUT2D eigenvalue weighted by atomic mass is 10.1. The summed E-state index contributed by atoms with van der Waals surface area (Å²) in [5, 5.41) is 3.41. The van der Waals surface area contributed by atoms with Crippen LogP contribution >= 0.6 is 11.8 Å². The second-order valence-electron chi connectivity index (χ2n) is 3.88. The summed E-state index contributed by atoms with van der Waals surface area (Å²) in [7, 11) is 0. The predicted molar refractivity (Wildman–Crippen MR) is 70.1 cm³/mol. The molecule has 0 saturated carbocycles. The van der Waals surface area contributed by atoms with Crippen LogP contribution in [0.3, 0.4) is 0 Å². The standard InChI is InChI=1S/C14H11NOS/c16-9-8-10-4-3-7-13-14(10)15-11-5-1-2-6-12(11)17-13/h1-7,9,15H,8H2. The highest BCUT2D eigenvalue weighted by molar-refractivity contribution is 7.99. The zero-order valence-electron chi connectivity index (χ0n) is 9.14. The van der Waals surface area contributed by atoms with Gasteiger partial charge in [0.2, 0.25) is 0 Å². The van der Waals surface area contributed by atoms with Crippen molar-refractivity contribution in [2.24, 2.45) is 0 Å². The second-order valence-corrected chi connectivity index (χ2v) is 4.97. The number of anilines is 2. The molecule has 0 radical (unpaired) electrons. The van der Waals surface area contributed by atoms with Gasteiger partial charge in [-0.25, -0.2) is 0 Å². The minimum absolute atomic E-state index is 0.457. The molecule has 17 heavy (non-hydrogen) atoms. The van der Waals surface area contributed by atoms with Crippen molar-refractivity contribution in [2.75, 3.05) is 5.32 Å². The summed E-state index contributed by atoms with van der Waals surface area (Å²) in [6.07, 6.45) is 1.40. The van der Waals surface area contributed by atoms with Gasteiger partial charge in [-0.2, -0.15) is 0 Å². The lowest BCUT2D eigenvalue weighted by Gasteiger charge is -2.22. The van der Waals surface area contributed by atoms with Gasteiger partial charge < -0.3 is 10.1 Å². The molecule has 3 heteroatoms. The molecule has 0 unspecified atom stereocenters. The van der Waals surface area contributed by atoms with Crippen LogP contribution in [-0.2, 0) is 11.2 Å². The summed E-state index contributed by atoms with van der Waals surface area (Å²) in [5.74, 6) is 0. The van der Waals surface area contributed by atoms with Gasteiger partial charge in [-0.3, -0.25) is 0 Å². The van der Waals surface area contributed by atoms with Crippen molar-refractivity contribution < 1.29 is 4.79 Å². The third-order valence-corrected chi connectivity index (χ3v) is 3.92. The fourth-order valence-corrected chi connectivity index (χ4v) is 3.02. The largest absolute Gasteiger partial charge is 0.353 e. The molecule has 1 N–H and O–H groups in total. The highest BCUT2D eigenvalue weighted by Gasteiger charge is 2.17. The number of benzene rings is 2. The molecule has 0 saturated heterocycles. The number of nitrogens with one attached hydrogen (secondary N) is 1. The first kappa shape index (κ1) is 10.4. The molecule has 0 amide bonds. The second kappa shape index (κ2) is 4.26. The maximum absolute atomic E-state index is 10.7. The predicted octanol–water partition coefficient (Wildman–Crippen LogP) is 3.64. The first-order chi connectivity index (χ1) is 8.38. The van der Waals surface area contributed by atoms with Crippen molar-refractivity contribution in [3.63, 3.8) is 0 Å². The van der Waals surface area contributed by atoms with Crippen LogP contribution < -0.4 is 5.32 Å². The van der Waals surface area contributed by atoms with Gasteiger partial charge >= 0.3 is 0 Å². The van der Waals surface area contributed by atoms with E-state index in [1.807, 2.05) is 24.3 Å². The number of rotatable bonds is 2. The summed E-state index contributed by atoms with van der Waals surface area (Å²) < 4.78 is 0. The zero-order chi connectivity index (χ0) is 11.7. The number of hydrogen-bond acceptors (Lipinski definition) is 3. The molecule has 0 aromatic heterocycles. The average molecular weight is 241 g/mol. The van der Waals surface area contributed by atoms with Crippen LogP contribution in [0, 0.1) is 0 Å². The Kier molecular flexibility index (Phi) is 2.61. The molecule has 1 aliphatic rings. The molecule has 3 rings (SSSR count). The normalized spacial score (nSPS) is 12.2. The Bertz CT molecular complexity index is 580. The van der Waals surface area contributed by atoms with E-state index in [2.05, 4.69) is 23.5 Å². The van der Waals surface area contributed by atoms with Gasteiger partial charge in [0, 0.05) is 16.2 Å². The van der Waals surface area contributed by atoms with Gasteiger partial charge in [0.15, 0.2) is 0 Å². The Morgan fingerprint density at radius 1 is 1.06 bits per heavy atom. The van der Waals surface area contributed by atoms with Crippen molar-refractivity contribution >= 4 is 29.4 Å². The van der Waals surface area contributed by atoms with Gasteiger partial charge in [0.25, 0.3) is 0 Å². The number of hydrogen-bond donors (Lipinski definition) is 1. The van der Waals surface area contributed by atoms with Gasteiger partial charge in [0.1, 0.15) is 6.29 Å². The molecular weight excluding hydrogens is 230 g/mol. The maximum atomic E-state index is 10.7. The zero-order valence-corrected chi connectivity index (χ0v) is 9.96. The van der Waals surface area contributed by atoms with Gasteiger partial charge in [-0.05, 0) is 23.8 Å². The van der Waals surface area contributed by atoms with E-state index in [4.69, 9.17) is 0 Å². The number of fused-ring (bicyclic) bond motifs is 2. The van der Waals surface area contributed by atoms with E-state index >= 15 is 0 Å². The number of carbonyl (C=O) groups excluding carboxylic acids is 1. The molecule has 1 aliphatic heterocycles. The quantitative estimate of drug-likeness (QED) is 0.694. The van der Waals surface area contributed by atoms with E-state index in [0.717, 1.165) is 23.2 Å². The van der Waals surface area contributed by atoms with E-state index in [-0.39, 0.29) is 0 Å². The number of carbonyl (C=O) groups is 1. The van der Waals surface area contributed by atoms with Gasteiger partial charge in [0.05, 0.1) is 11.4 Å². The van der Waals surface area contributed by atoms with Crippen molar-refractivity contribution in [3.05, 3.63) is 48.0 Å². The molecule has 84 valence electrons. The lowest BCUT2D eigenvalue weighted by molar-refractivity contribution is -0.107. The van der Waals surface area contributed by atoms with Crippen molar-refractivity contribution in [3.8, 4) is 0 Å². The lowest BCUT2D eigenvalue weighted by Crippen LogP contribution is -2.03. The Morgan fingerprint density at radius 3 is 2.76 bits per heavy atom. The van der Waals surface area contributed by atoms with E-state index in [0.29, 0.717) is 6.42 Å². The van der Waals surface area contributed by atoms with E-state index in [9.17, 15) is 4.79 Å². The third-order valence-electron chi connectivity index (χ3n) is 2.78. The molecule has 0 bridgehead atoms. The molecule has 2 aromatic carbocycles. The summed E-state index contributed by atoms with van der Waals surface area (Å²) in [5.41, 5.74) is 3.24. The average Bonchev–Trinajstić information content (AvgIpc) is 2.37.